The summed E-state index contributed by atoms with van der Waals surface area (Å²) in [7, 11) is 0. The lowest BCUT2D eigenvalue weighted by atomic mass is 10.3. The van der Waals surface area contributed by atoms with Crippen LogP contribution in [0.2, 0.25) is 0 Å². The predicted molar refractivity (Wildman–Crippen MR) is 51.5 cm³/mol. The Bertz CT molecular complexity index is 309. The summed E-state index contributed by atoms with van der Waals surface area (Å²) in [6, 6.07) is 3.42. The first-order chi connectivity index (χ1) is 7.51. The smallest absolute Gasteiger partial charge is 0.389 e. The number of ether oxygens (including phenoxy) is 1. The zero-order chi connectivity index (χ0) is 12.0. The van der Waals surface area contributed by atoms with Crippen LogP contribution in [0.15, 0.2) is 16.5 Å². The summed E-state index contributed by atoms with van der Waals surface area (Å²) >= 11 is 0. The number of rotatable bonds is 6. The molecule has 0 aromatic carbocycles. The van der Waals surface area contributed by atoms with Crippen molar-refractivity contribution in [3.8, 4) is 0 Å². The number of alkyl halides is 3. The monoisotopic (exact) mass is 237 g/mol. The summed E-state index contributed by atoms with van der Waals surface area (Å²) in [6.07, 6.45) is -4.96. The molecule has 0 atom stereocenters. The van der Waals surface area contributed by atoms with Gasteiger partial charge in [0, 0.05) is 13.0 Å². The lowest BCUT2D eigenvalue weighted by Crippen LogP contribution is -2.08. The number of hydrogen-bond acceptors (Lipinski definition) is 3. The lowest BCUT2D eigenvalue weighted by Gasteiger charge is -2.05. The molecule has 0 amide bonds. The molecule has 0 unspecified atom stereocenters. The van der Waals surface area contributed by atoms with Crippen LogP contribution in [0.4, 0.5) is 13.2 Å². The van der Waals surface area contributed by atoms with Gasteiger partial charge in [0.2, 0.25) is 0 Å². The van der Waals surface area contributed by atoms with E-state index in [-0.39, 0.29) is 19.6 Å². The van der Waals surface area contributed by atoms with Crippen LogP contribution in [0.1, 0.15) is 24.4 Å². The topological polar surface area (TPSA) is 48.4 Å². The Morgan fingerprint density at radius 1 is 1.25 bits per heavy atom. The molecule has 0 fully saturated rings. The zero-order valence-corrected chi connectivity index (χ0v) is 8.72. The quantitative estimate of drug-likeness (QED) is 0.773. The Morgan fingerprint density at radius 2 is 1.94 bits per heavy atom. The normalized spacial score (nSPS) is 12.0. The van der Waals surface area contributed by atoms with Crippen LogP contribution in [-0.4, -0.2) is 12.8 Å². The van der Waals surface area contributed by atoms with Gasteiger partial charge in [0.25, 0.3) is 0 Å². The highest BCUT2D eigenvalue weighted by atomic mass is 19.4. The van der Waals surface area contributed by atoms with Gasteiger partial charge in [-0.2, -0.15) is 13.2 Å². The molecule has 0 bridgehead atoms. The van der Waals surface area contributed by atoms with E-state index in [2.05, 4.69) is 0 Å². The predicted octanol–water partition coefficient (Wildman–Crippen LogP) is 2.60. The zero-order valence-electron chi connectivity index (χ0n) is 8.72. The second kappa shape index (κ2) is 5.91. The Balaban J connectivity index is 2.11. The van der Waals surface area contributed by atoms with Crippen molar-refractivity contribution in [2.24, 2.45) is 5.73 Å². The van der Waals surface area contributed by atoms with Crippen molar-refractivity contribution in [3.05, 3.63) is 23.7 Å². The van der Waals surface area contributed by atoms with Gasteiger partial charge >= 0.3 is 6.18 Å². The molecule has 3 nitrogen and oxygen atoms in total. The van der Waals surface area contributed by atoms with E-state index in [0.717, 1.165) is 0 Å². The maximum atomic E-state index is 11.8. The third-order valence-electron chi connectivity index (χ3n) is 1.91. The van der Waals surface area contributed by atoms with Gasteiger partial charge in [-0.3, -0.25) is 0 Å². The molecule has 16 heavy (non-hydrogen) atoms. The van der Waals surface area contributed by atoms with Crippen molar-refractivity contribution in [3.63, 3.8) is 0 Å². The van der Waals surface area contributed by atoms with Crippen LogP contribution in [-0.2, 0) is 17.9 Å². The highest BCUT2D eigenvalue weighted by Crippen LogP contribution is 2.21. The van der Waals surface area contributed by atoms with Gasteiger partial charge in [0.1, 0.15) is 18.1 Å². The summed E-state index contributed by atoms with van der Waals surface area (Å²) < 4.78 is 45.5. The summed E-state index contributed by atoms with van der Waals surface area (Å²) in [5.41, 5.74) is 5.33. The maximum Gasteiger partial charge on any atom is 0.389 e. The first-order valence-corrected chi connectivity index (χ1v) is 4.93. The molecule has 1 rings (SSSR count). The van der Waals surface area contributed by atoms with Crippen LogP contribution in [0.3, 0.4) is 0 Å². The van der Waals surface area contributed by atoms with Crippen molar-refractivity contribution in [1.29, 1.82) is 0 Å². The minimum atomic E-state index is -4.11. The molecular weight excluding hydrogens is 223 g/mol. The van der Waals surface area contributed by atoms with E-state index in [1.807, 2.05) is 0 Å². The van der Waals surface area contributed by atoms with Crippen molar-refractivity contribution in [2.75, 3.05) is 6.61 Å². The van der Waals surface area contributed by atoms with E-state index in [9.17, 15) is 13.2 Å². The molecule has 1 aromatic rings. The fraction of sp³-hybridized carbons (Fsp3) is 0.600. The number of halogens is 3. The summed E-state index contributed by atoms with van der Waals surface area (Å²) in [6.45, 7) is 0.546. The largest absolute Gasteiger partial charge is 0.462 e. The molecule has 0 spiro atoms. The molecule has 0 aliphatic rings. The lowest BCUT2D eigenvalue weighted by molar-refractivity contribution is -0.138. The van der Waals surface area contributed by atoms with Crippen LogP contribution in [0.5, 0.6) is 0 Å². The van der Waals surface area contributed by atoms with E-state index in [4.69, 9.17) is 14.9 Å². The number of nitrogens with two attached hydrogens (primary N) is 1. The first kappa shape index (κ1) is 13.1. The van der Waals surface area contributed by atoms with Gasteiger partial charge in [-0.25, -0.2) is 0 Å². The molecule has 2 N–H and O–H groups in total. The third kappa shape index (κ3) is 5.18. The molecule has 0 saturated heterocycles. The Labute approximate surface area is 91.4 Å². The SMILES string of the molecule is NCc1ccc(COCCCC(F)(F)F)o1. The van der Waals surface area contributed by atoms with Crippen molar-refractivity contribution < 1.29 is 22.3 Å². The fourth-order valence-electron chi connectivity index (χ4n) is 1.16. The van der Waals surface area contributed by atoms with E-state index in [1.54, 1.807) is 12.1 Å². The fourth-order valence-corrected chi connectivity index (χ4v) is 1.16. The van der Waals surface area contributed by atoms with Gasteiger partial charge < -0.3 is 14.9 Å². The minimum Gasteiger partial charge on any atom is -0.462 e. The minimum absolute atomic E-state index is 0.0338. The van der Waals surface area contributed by atoms with Gasteiger partial charge in [0.05, 0.1) is 6.54 Å². The van der Waals surface area contributed by atoms with Crippen LogP contribution in [0.25, 0.3) is 0 Å². The van der Waals surface area contributed by atoms with Crippen LogP contribution >= 0.6 is 0 Å². The molecule has 0 aliphatic heterocycles. The second-order valence-electron chi connectivity index (χ2n) is 3.34. The molecule has 0 saturated carbocycles. The maximum absolute atomic E-state index is 11.8. The Morgan fingerprint density at radius 3 is 2.50 bits per heavy atom. The molecule has 0 radical (unpaired) electrons. The van der Waals surface area contributed by atoms with E-state index >= 15 is 0 Å². The average Bonchev–Trinajstić information content (AvgIpc) is 2.63. The molecule has 0 aliphatic carbocycles. The van der Waals surface area contributed by atoms with E-state index in [1.165, 1.54) is 0 Å². The van der Waals surface area contributed by atoms with Crippen LogP contribution < -0.4 is 5.73 Å². The summed E-state index contributed by atoms with van der Waals surface area (Å²) in [5, 5.41) is 0. The van der Waals surface area contributed by atoms with Crippen LogP contribution in [0, 0.1) is 0 Å². The Hall–Kier alpha value is -1.01. The van der Waals surface area contributed by atoms with Crippen molar-refractivity contribution in [2.45, 2.75) is 32.2 Å². The van der Waals surface area contributed by atoms with Gasteiger partial charge in [-0.1, -0.05) is 0 Å². The highest BCUT2D eigenvalue weighted by Gasteiger charge is 2.25. The highest BCUT2D eigenvalue weighted by molar-refractivity contribution is 5.05. The average molecular weight is 237 g/mol. The molecule has 6 heteroatoms. The molecule has 1 heterocycles. The second-order valence-corrected chi connectivity index (χ2v) is 3.34. The Kier molecular flexibility index (Phi) is 4.82. The first-order valence-electron chi connectivity index (χ1n) is 4.93. The number of furan rings is 1. The van der Waals surface area contributed by atoms with Crippen molar-refractivity contribution in [1.82, 2.24) is 0 Å². The van der Waals surface area contributed by atoms with Gasteiger partial charge in [0.15, 0.2) is 0 Å². The number of hydrogen-bond donors (Lipinski definition) is 1. The molecular formula is C10H14F3NO2. The van der Waals surface area contributed by atoms with E-state index < -0.39 is 12.6 Å². The summed E-state index contributed by atoms with van der Waals surface area (Å²) in [4.78, 5) is 0. The standard InChI is InChI=1S/C10H14F3NO2/c11-10(12,13)4-1-5-15-7-9-3-2-8(6-14)16-9/h2-3H,1,4-7,14H2. The van der Waals surface area contributed by atoms with Gasteiger partial charge in [-0.05, 0) is 18.6 Å². The third-order valence-corrected chi connectivity index (χ3v) is 1.91. The van der Waals surface area contributed by atoms with Gasteiger partial charge in [-0.15, -0.1) is 0 Å². The van der Waals surface area contributed by atoms with Crippen molar-refractivity contribution >= 4 is 0 Å². The molecule has 92 valence electrons. The van der Waals surface area contributed by atoms with E-state index in [0.29, 0.717) is 18.1 Å². The summed E-state index contributed by atoms with van der Waals surface area (Å²) in [5.74, 6) is 1.21. The molecule has 1 aromatic heterocycles.